The lowest BCUT2D eigenvalue weighted by Crippen LogP contribution is -2.24. The number of sulfonamides is 1. The van der Waals surface area contributed by atoms with E-state index in [9.17, 15) is 12.8 Å². The Bertz CT molecular complexity index is 758. The molecule has 112 valence electrons. The highest BCUT2D eigenvalue weighted by molar-refractivity contribution is 7.89. The van der Waals surface area contributed by atoms with Gasteiger partial charge in [-0.3, -0.25) is 0 Å². The van der Waals surface area contributed by atoms with Gasteiger partial charge < -0.3 is 15.9 Å². The first-order valence-electron chi connectivity index (χ1n) is 5.68. The van der Waals surface area contributed by atoms with Crippen molar-refractivity contribution >= 4 is 15.9 Å². The number of oxime groups is 1. The van der Waals surface area contributed by atoms with Gasteiger partial charge in [0.1, 0.15) is 5.82 Å². The van der Waals surface area contributed by atoms with Crippen molar-refractivity contribution in [2.75, 3.05) is 0 Å². The van der Waals surface area contributed by atoms with Crippen LogP contribution in [0.3, 0.4) is 0 Å². The van der Waals surface area contributed by atoms with Gasteiger partial charge in [0.15, 0.2) is 10.9 Å². The van der Waals surface area contributed by atoms with Gasteiger partial charge in [-0.2, -0.15) is 0 Å². The Hall–Kier alpha value is -2.46. The van der Waals surface area contributed by atoms with Crippen LogP contribution in [0.1, 0.15) is 11.1 Å². The van der Waals surface area contributed by atoms with Gasteiger partial charge in [-0.15, -0.1) is 0 Å². The summed E-state index contributed by atoms with van der Waals surface area (Å²) < 4.78 is 39.7. The number of rotatable bonds is 5. The minimum Gasteiger partial charge on any atom is -0.409 e. The number of aromatic nitrogens is 2. The summed E-state index contributed by atoms with van der Waals surface area (Å²) in [6, 6.07) is 3.81. The zero-order valence-corrected chi connectivity index (χ0v) is 11.4. The molecular formula is C11H12FN5O3S. The van der Waals surface area contributed by atoms with Crippen molar-refractivity contribution in [3.05, 3.63) is 47.7 Å². The molecule has 0 unspecified atom stereocenters. The second kappa shape index (κ2) is 5.89. The highest BCUT2D eigenvalue weighted by Crippen LogP contribution is 2.12. The van der Waals surface area contributed by atoms with E-state index in [0.29, 0.717) is 0 Å². The molecule has 8 nitrogen and oxygen atoms in total. The smallest absolute Gasteiger partial charge is 0.257 e. The van der Waals surface area contributed by atoms with E-state index in [4.69, 9.17) is 10.9 Å². The molecule has 0 bridgehead atoms. The predicted molar refractivity (Wildman–Crippen MR) is 71.5 cm³/mol. The molecule has 0 atom stereocenters. The molecule has 1 aromatic carbocycles. The number of amidine groups is 1. The Morgan fingerprint density at radius 1 is 1.52 bits per heavy atom. The van der Waals surface area contributed by atoms with E-state index in [1.165, 1.54) is 18.5 Å². The molecule has 5 N–H and O–H groups in total. The van der Waals surface area contributed by atoms with Gasteiger partial charge in [0, 0.05) is 17.7 Å². The quantitative estimate of drug-likeness (QED) is 0.269. The Morgan fingerprint density at radius 2 is 2.29 bits per heavy atom. The monoisotopic (exact) mass is 313 g/mol. The first-order chi connectivity index (χ1) is 9.94. The van der Waals surface area contributed by atoms with Gasteiger partial charge in [0.05, 0.1) is 12.5 Å². The van der Waals surface area contributed by atoms with Gasteiger partial charge in [-0.1, -0.05) is 17.3 Å². The van der Waals surface area contributed by atoms with Crippen molar-refractivity contribution in [3.63, 3.8) is 0 Å². The van der Waals surface area contributed by atoms with Crippen molar-refractivity contribution in [3.8, 4) is 0 Å². The van der Waals surface area contributed by atoms with E-state index in [1.807, 2.05) is 0 Å². The molecule has 0 saturated heterocycles. The maximum Gasteiger partial charge on any atom is 0.257 e. The zero-order valence-electron chi connectivity index (χ0n) is 10.6. The van der Waals surface area contributed by atoms with Crippen LogP contribution in [0.5, 0.6) is 0 Å². The lowest BCUT2D eigenvalue weighted by Gasteiger charge is -2.07. The summed E-state index contributed by atoms with van der Waals surface area (Å²) in [5, 5.41) is 11.1. The van der Waals surface area contributed by atoms with Crippen LogP contribution in [0.25, 0.3) is 0 Å². The molecule has 0 amide bonds. The molecule has 0 aliphatic heterocycles. The van der Waals surface area contributed by atoms with Crippen LogP contribution < -0.4 is 10.5 Å². The van der Waals surface area contributed by atoms with E-state index in [2.05, 4.69) is 19.8 Å². The number of H-pyrrole nitrogens is 1. The summed E-state index contributed by atoms with van der Waals surface area (Å²) >= 11 is 0. The number of nitrogens with zero attached hydrogens (tertiary/aromatic N) is 2. The topological polar surface area (TPSA) is 133 Å². The van der Waals surface area contributed by atoms with Crippen molar-refractivity contribution in [2.45, 2.75) is 11.6 Å². The highest BCUT2D eigenvalue weighted by Gasteiger charge is 2.16. The lowest BCUT2D eigenvalue weighted by molar-refractivity contribution is 0.318. The minimum absolute atomic E-state index is 0.115. The lowest BCUT2D eigenvalue weighted by atomic mass is 10.1. The number of benzene rings is 1. The minimum atomic E-state index is -3.79. The molecule has 0 aliphatic carbocycles. The van der Waals surface area contributed by atoms with Gasteiger partial charge in [-0.05, 0) is 6.07 Å². The summed E-state index contributed by atoms with van der Waals surface area (Å²) in [6.07, 6.45) is 2.36. The number of aromatic amines is 1. The first-order valence-corrected chi connectivity index (χ1v) is 7.16. The van der Waals surface area contributed by atoms with Crippen molar-refractivity contribution in [1.29, 1.82) is 0 Å². The fourth-order valence-electron chi connectivity index (χ4n) is 1.55. The van der Waals surface area contributed by atoms with Crippen LogP contribution in [-0.4, -0.2) is 29.4 Å². The van der Waals surface area contributed by atoms with Crippen LogP contribution in [-0.2, 0) is 16.6 Å². The SMILES string of the molecule is NC(=NO)c1ccc(CNS(=O)(=O)c2cnc[nH]2)c(F)c1. The summed E-state index contributed by atoms with van der Waals surface area (Å²) in [7, 11) is -3.79. The largest absolute Gasteiger partial charge is 0.409 e. The van der Waals surface area contributed by atoms with Gasteiger partial charge >= 0.3 is 0 Å². The van der Waals surface area contributed by atoms with E-state index in [-0.39, 0.29) is 28.5 Å². The molecule has 0 aliphatic rings. The highest BCUT2D eigenvalue weighted by atomic mass is 32.2. The predicted octanol–water partition coefficient (Wildman–Crippen LogP) is 0.122. The van der Waals surface area contributed by atoms with Crippen LogP contribution >= 0.6 is 0 Å². The van der Waals surface area contributed by atoms with Gasteiger partial charge in [-0.25, -0.2) is 22.5 Å². The molecule has 0 fully saturated rings. The third-order valence-corrected chi connectivity index (χ3v) is 4.00. The third-order valence-electron chi connectivity index (χ3n) is 2.67. The Labute approximate surface area is 119 Å². The van der Waals surface area contributed by atoms with Gasteiger partial charge in [0.2, 0.25) is 0 Å². The van der Waals surface area contributed by atoms with Crippen LogP contribution in [0.2, 0.25) is 0 Å². The van der Waals surface area contributed by atoms with Crippen molar-refractivity contribution < 1.29 is 18.0 Å². The molecule has 1 heterocycles. The molecule has 2 rings (SSSR count). The van der Waals surface area contributed by atoms with Crippen LogP contribution in [0, 0.1) is 5.82 Å². The average Bonchev–Trinajstić information content (AvgIpc) is 3.00. The number of nitrogens with two attached hydrogens (primary N) is 1. The van der Waals surface area contributed by atoms with Crippen LogP contribution in [0.15, 0.2) is 40.9 Å². The first kappa shape index (κ1) is 14.9. The van der Waals surface area contributed by atoms with E-state index < -0.39 is 15.8 Å². The second-order valence-electron chi connectivity index (χ2n) is 4.03. The Balaban J connectivity index is 2.14. The number of hydrogen-bond donors (Lipinski definition) is 4. The number of imidazole rings is 1. The number of halogens is 1. The van der Waals surface area contributed by atoms with Crippen molar-refractivity contribution in [1.82, 2.24) is 14.7 Å². The summed E-state index contributed by atoms with van der Waals surface area (Å²) in [5.74, 6) is -0.912. The molecular weight excluding hydrogens is 301 g/mol. The van der Waals surface area contributed by atoms with E-state index >= 15 is 0 Å². The maximum atomic E-state index is 13.8. The standard InChI is InChI=1S/C11H12FN5O3S/c12-9-3-7(11(13)17-18)1-2-8(9)4-16-21(19,20)10-5-14-6-15-10/h1-3,5-6,16,18H,4H2,(H2,13,17)(H,14,15). The zero-order chi connectivity index (χ0) is 15.5. The van der Waals surface area contributed by atoms with Gasteiger partial charge in [0.25, 0.3) is 10.0 Å². The van der Waals surface area contributed by atoms with Crippen molar-refractivity contribution in [2.24, 2.45) is 10.9 Å². The Morgan fingerprint density at radius 3 is 2.86 bits per heavy atom. The fourth-order valence-corrected chi connectivity index (χ4v) is 2.46. The third kappa shape index (κ3) is 3.35. The Kier molecular flexibility index (Phi) is 4.19. The number of nitrogens with one attached hydrogen (secondary N) is 2. The molecule has 1 aromatic heterocycles. The summed E-state index contributed by atoms with van der Waals surface area (Å²) in [6.45, 7) is -0.246. The fraction of sp³-hybridized carbons (Fsp3) is 0.0909. The molecule has 10 heteroatoms. The average molecular weight is 313 g/mol. The second-order valence-corrected chi connectivity index (χ2v) is 5.77. The summed E-state index contributed by atoms with van der Waals surface area (Å²) in [5.41, 5.74) is 5.64. The summed E-state index contributed by atoms with van der Waals surface area (Å²) in [4.78, 5) is 6.05. The molecule has 2 aromatic rings. The molecule has 0 spiro atoms. The van der Waals surface area contributed by atoms with E-state index in [1.54, 1.807) is 0 Å². The maximum absolute atomic E-state index is 13.8. The normalized spacial score (nSPS) is 12.5. The van der Waals surface area contributed by atoms with Crippen LogP contribution in [0.4, 0.5) is 4.39 Å². The molecule has 0 saturated carbocycles. The number of hydrogen-bond acceptors (Lipinski definition) is 5. The van der Waals surface area contributed by atoms with E-state index in [0.717, 1.165) is 12.3 Å². The molecule has 0 radical (unpaired) electrons. The molecule has 21 heavy (non-hydrogen) atoms.